The topological polar surface area (TPSA) is 70.0 Å². The van der Waals surface area contributed by atoms with Crippen molar-refractivity contribution < 1.29 is 27.8 Å². The van der Waals surface area contributed by atoms with E-state index in [9.17, 15) is 18.4 Å². The van der Waals surface area contributed by atoms with Crippen molar-refractivity contribution in [2.24, 2.45) is 0 Å². The molecule has 1 amide bonds. The summed E-state index contributed by atoms with van der Waals surface area (Å²) in [7, 11) is 3.04. The van der Waals surface area contributed by atoms with Crippen molar-refractivity contribution in [1.82, 2.24) is 4.57 Å². The third kappa shape index (κ3) is 6.30. The van der Waals surface area contributed by atoms with Gasteiger partial charge in [-0.2, -0.15) is 0 Å². The van der Waals surface area contributed by atoms with E-state index in [4.69, 9.17) is 14.2 Å². The quantitative estimate of drug-likeness (QED) is 0.146. The van der Waals surface area contributed by atoms with Crippen LogP contribution >= 0.6 is 15.9 Å². The number of hydrogen-bond acceptors (Lipinski definition) is 5. The summed E-state index contributed by atoms with van der Waals surface area (Å²) in [5, 5.41) is 0.921. The van der Waals surface area contributed by atoms with Gasteiger partial charge in [-0.3, -0.25) is 9.59 Å². The zero-order valence-electron chi connectivity index (χ0n) is 24.3. The van der Waals surface area contributed by atoms with E-state index in [2.05, 4.69) is 15.9 Å². The Hall–Kier alpha value is -4.70. The summed E-state index contributed by atoms with van der Waals surface area (Å²) in [6.07, 6.45) is 1.42. The van der Waals surface area contributed by atoms with Crippen LogP contribution in [0.4, 0.5) is 14.5 Å². The molecule has 0 aliphatic rings. The van der Waals surface area contributed by atoms with E-state index in [0.29, 0.717) is 40.4 Å². The highest BCUT2D eigenvalue weighted by atomic mass is 79.9. The van der Waals surface area contributed by atoms with Crippen molar-refractivity contribution in [3.05, 3.63) is 124 Å². The Balaban J connectivity index is 1.66. The molecule has 0 aliphatic carbocycles. The van der Waals surface area contributed by atoms with E-state index in [0.717, 1.165) is 34.2 Å². The first-order valence-corrected chi connectivity index (χ1v) is 14.8. The van der Waals surface area contributed by atoms with E-state index < -0.39 is 23.0 Å². The molecule has 1 aromatic heterocycles. The maximum Gasteiger partial charge on any atom is 0.263 e. The average molecular weight is 664 g/mol. The second kappa shape index (κ2) is 13.3. The lowest BCUT2D eigenvalue weighted by Gasteiger charge is -2.22. The molecular formula is C34H29BrF2N2O5. The lowest BCUT2D eigenvalue weighted by molar-refractivity contribution is 0.0987. The largest absolute Gasteiger partial charge is 0.497 e. The smallest absolute Gasteiger partial charge is 0.263 e. The number of hydrogen-bond donors (Lipinski definition) is 0. The number of methoxy groups -OCH3 is 2. The minimum atomic E-state index is -0.836. The number of halogens is 3. The van der Waals surface area contributed by atoms with Gasteiger partial charge in [0.15, 0.2) is 0 Å². The van der Waals surface area contributed by atoms with E-state index in [1.165, 1.54) is 20.4 Å². The number of pyridine rings is 1. The van der Waals surface area contributed by atoms with Crippen LogP contribution in [0.15, 0.2) is 89.9 Å². The molecule has 0 unspecified atom stereocenters. The number of anilines is 1. The van der Waals surface area contributed by atoms with Gasteiger partial charge < -0.3 is 23.7 Å². The fourth-order valence-corrected chi connectivity index (χ4v) is 5.52. The molecular weight excluding hydrogens is 634 g/mol. The fourth-order valence-electron chi connectivity index (χ4n) is 4.97. The van der Waals surface area contributed by atoms with Crippen LogP contribution in [-0.2, 0) is 11.9 Å². The van der Waals surface area contributed by atoms with Gasteiger partial charge in [0, 0.05) is 59.5 Å². The molecule has 5 aromatic rings. The van der Waals surface area contributed by atoms with Crippen LogP contribution in [0.3, 0.4) is 0 Å². The van der Waals surface area contributed by atoms with Crippen LogP contribution < -0.4 is 24.5 Å². The maximum atomic E-state index is 14.1. The zero-order chi connectivity index (χ0) is 31.4. The molecule has 7 nitrogen and oxygen atoms in total. The van der Waals surface area contributed by atoms with Crippen LogP contribution in [0.2, 0.25) is 0 Å². The second-order valence-corrected chi connectivity index (χ2v) is 10.4. The Kier molecular flexibility index (Phi) is 9.29. The molecule has 0 radical (unpaired) electrons. The monoisotopic (exact) mass is 662 g/mol. The number of ether oxygens (including phenoxy) is 3. The molecule has 44 heavy (non-hydrogen) atoms. The number of carbonyl (C=O) groups is 1. The predicted molar refractivity (Wildman–Crippen MR) is 170 cm³/mol. The van der Waals surface area contributed by atoms with Gasteiger partial charge in [-0.25, -0.2) is 8.78 Å². The van der Waals surface area contributed by atoms with Crippen LogP contribution in [0.25, 0.3) is 16.6 Å². The third-order valence-corrected chi connectivity index (χ3v) is 7.80. The molecule has 4 aromatic carbocycles. The van der Waals surface area contributed by atoms with E-state index in [1.807, 2.05) is 24.3 Å². The molecule has 0 N–H and O–H groups in total. The normalized spacial score (nSPS) is 11.0. The number of alkyl halides is 1. The van der Waals surface area contributed by atoms with Gasteiger partial charge in [-0.15, -0.1) is 0 Å². The van der Waals surface area contributed by atoms with E-state index >= 15 is 0 Å². The molecule has 0 bridgehead atoms. The predicted octanol–water partition coefficient (Wildman–Crippen LogP) is 7.43. The van der Waals surface area contributed by atoms with E-state index in [1.54, 1.807) is 47.9 Å². The Morgan fingerprint density at radius 2 is 1.55 bits per heavy atom. The minimum absolute atomic E-state index is 0.00314. The number of amides is 1. The summed E-state index contributed by atoms with van der Waals surface area (Å²) < 4.78 is 47.0. The number of benzene rings is 4. The summed E-state index contributed by atoms with van der Waals surface area (Å²) in [4.78, 5) is 28.8. The van der Waals surface area contributed by atoms with Gasteiger partial charge in [-0.05, 0) is 42.3 Å². The van der Waals surface area contributed by atoms with Gasteiger partial charge in [0.25, 0.3) is 5.91 Å². The first kappa shape index (κ1) is 30.7. The van der Waals surface area contributed by atoms with Gasteiger partial charge in [-0.1, -0.05) is 40.2 Å². The molecule has 0 saturated carbocycles. The molecule has 0 atom stereocenters. The lowest BCUT2D eigenvalue weighted by atomic mass is 10.1. The van der Waals surface area contributed by atoms with Crippen molar-refractivity contribution in [2.45, 2.75) is 18.9 Å². The van der Waals surface area contributed by atoms with Crippen molar-refractivity contribution in [3.8, 4) is 22.9 Å². The fraction of sp³-hybridized carbons (Fsp3) is 0.176. The van der Waals surface area contributed by atoms with Crippen molar-refractivity contribution in [1.29, 1.82) is 0 Å². The number of aromatic nitrogens is 1. The van der Waals surface area contributed by atoms with Gasteiger partial charge in [0.1, 0.15) is 41.1 Å². The van der Waals surface area contributed by atoms with Gasteiger partial charge >= 0.3 is 0 Å². The molecule has 226 valence electrons. The summed E-state index contributed by atoms with van der Waals surface area (Å²) in [6.45, 7) is 2.02. The number of carbonyl (C=O) groups excluding carboxylic acids is 1. The standard InChI is InChI=1S/C34H29BrF2N2O5/c1-4-38(25-12-23(36)11-24(37)13-25)34(41)31-19-39(32-17-27(42-2)9-10-30(32)33(31)40)26-14-28(43-3)16-29(15-26)44-20-22-8-6-5-7-21(22)18-35/h5-17,19H,4,18,20H2,1-3H3. The number of nitrogens with zero attached hydrogens (tertiary/aromatic N) is 2. The van der Waals surface area contributed by atoms with Crippen LogP contribution in [0.1, 0.15) is 28.4 Å². The average Bonchev–Trinajstić information content (AvgIpc) is 3.03. The maximum absolute atomic E-state index is 14.1. The summed E-state index contributed by atoms with van der Waals surface area (Å²) in [6, 6.07) is 20.9. The number of fused-ring (bicyclic) bond motifs is 1. The van der Waals surface area contributed by atoms with Crippen molar-refractivity contribution in [3.63, 3.8) is 0 Å². The molecule has 0 fully saturated rings. The summed E-state index contributed by atoms with van der Waals surface area (Å²) in [5.74, 6) is -0.898. The molecule has 0 saturated heterocycles. The molecule has 0 spiro atoms. The molecule has 10 heteroatoms. The van der Waals surface area contributed by atoms with Gasteiger partial charge in [0.2, 0.25) is 5.43 Å². The van der Waals surface area contributed by atoms with Crippen LogP contribution in [0, 0.1) is 11.6 Å². The van der Waals surface area contributed by atoms with Gasteiger partial charge in [0.05, 0.1) is 25.4 Å². The zero-order valence-corrected chi connectivity index (χ0v) is 25.9. The Labute approximate surface area is 261 Å². The lowest BCUT2D eigenvalue weighted by Crippen LogP contribution is -2.35. The van der Waals surface area contributed by atoms with Crippen LogP contribution in [-0.4, -0.2) is 31.2 Å². The first-order chi connectivity index (χ1) is 21.3. The SMILES string of the molecule is CCN(C(=O)c1cn(-c2cc(OC)cc(OCc3ccccc3CBr)c2)c2cc(OC)ccc2c1=O)c1cc(F)cc(F)c1. The number of rotatable bonds is 10. The highest BCUT2D eigenvalue weighted by Crippen LogP contribution is 2.30. The summed E-state index contributed by atoms with van der Waals surface area (Å²) >= 11 is 3.51. The Morgan fingerprint density at radius 1 is 0.864 bits per heavy atom. The summed E-state index contributed by atoms with van der Waals surface area (Å²) in [5.41, 5.74) is 2.38. The Bertz CT molecular complexity index is 1890. The van der Waals surface area contributed by atoms with Crippen molar-refractivity contribution in [2.75, 3.05) is 25.7 Å². The van der Waals surface area contributed by atoms with Crippen LogP contribution in [0.5, 0.6) is 17.2 Å². The highest BCUT2D eigenvalue weighted by Gasteiger charge is 2.24. The molecule has 0 aliphatic heterocycles. The van der Waals surface area contributed by atoms with E-state index in [-0.39, 0.29) is 23.2 Å². The van der Waals surface area contributed by atoms with Crippen molar-refractivity contribution >= 4 is 38.4 Å². The molecule has 1 heterocycles. The Morgan fingerprint density at radius 3 is 2.20 bits per heavy atom. The third-order valence-electron chi connectivity index (χ3n) is 7.20. The minimum Gasteiger partial charge on any atom is -0.497 e. The highest BCUT2D eigenvalue weighted by molar-refractivity contribution is 9.08. The first-order valence-electron chi connectivity index (χ1n) is 13.7. The second-order valence-electron chi connectivity index (χ2n) is 9.86. The molecule has 5 rings (SSSR count).